The van der Waals surface area contributed by atoms with Gasteiger partial charge in [-0.25, -0.2) is 0 Å². The van der Waals surface area contributed by atoms with Gasteiger partial charge in [0.25, 0.3) is 0 Å². The molecule has 3 fully saturated rings. The Kier molecular flexibility index (Phi) is 45.8. The summed E-state index contributed by atoms with van der Waals surface area (Å²) in [7, 11) is 0. The van der Waals surface area contributed by atoms with E-state index in [1.54, 1.807) is 12.2 Å². The first kappa shape index (κ1) is 71.1. The average Bonchev–Trinajstić information content (AvgIpc) is 4.36. The molecule has 3 saturated heterocycles. The molecule has 12 heteroatoms. The van der Waals surface area contributed by atoms with Gasteiger partial charge in [0, 0.05) is 25.7 Å². The van der Waals surface area contributed by atoms with Crippen LogP contribution in [-0.2, 0) is 28.6 Å². The molecule has 0 spiro atoms. The van der Waals surface area contributed by atoms with Crippen LogP contribution in [0.5, 0.6) is 0 Å². The number of aliphatic hydroxyl groups is 3. The third-order valence-corrected chi connectivity index (χ3v) is 12.9. The van der Waals surface area contributed by atoms with Crippen LogP contribution < -0.4 is 0 Å². The summed E-state index contributed by atoms with van der Waals surface area (Å²) in [4.78, 5) is 31.1. The first-order valence-electron chi connectivity index (χ1n) is 29.5. The largest absolute Gasteiger partial charge is 0.481 e. The molecule has 78 heavy (non-hydrogen) atoms. The van der Waals surface area contributed by atoms with Crippen LogP contribution in [0.3, 0.4) is 0 Å². The summed E-state index contributed by atoms with van der Waals surface area (Å²) in [5, 5.41) is 55.1. The van der Waals surface area contributed by atoms with Crippen molar-refractivity contribution in [2.24, 2.45) is 0 Å². The molecule has 9 unspecified atom stereocenters. The first-order valence-corrected chi connectivity index (χ1v) is 29.5. The fourth-order valence-corrected chi connectivity index (χ4v) is 7.99. The summed E-state index contributed by atoms with van der Waals surface area (Å²) < 4.78 is 16.4. The van der Waals surface area contributed by atoms with E-state index in [9.17, 15) is 29.7 Å². The van der Waals surface area contributed by atoms with Crippen LogP contribution in [0, 0.1) is 0 Å². The van der Waals surface area contributed by atoms with Gasteiger partial charge in [-0.05, 0) is 128 Å². The lowest BCUT2D eigenvalue weighted by atomic mass is 10.1. The Morgan fingerprint density at radius 1 is 0.359 bits per heavy atom. The van der Waals surface area contributed by atoms with Crippen LogP contribution in [0.4, 0.5) is 0 Å². The monoisotopic (exact) mass is 1090 g/mol. The lowest BCUT2D eigenvalue weighted by Crippen LogP contribution is -2.07. The maximum atomic E-state index is 10.4. The molecular formula is C66H102O12. The van der Waals surface area contributed by atoms with Crippen LogP contribution in [-0.4, -0.2) is 103 Å². The van der Waals surface area contributed by atoms with Gasteiger partial charge in [0.15, 0.2) is 0 Å². The molecule has 0 bridgehead atoms. The van der Waals surface area contributed by atoms with Crippen LogP contribution in [0.1, 0.15) is 194 Å². The number of ether oxygens (including phenoxy) is 3. The highest BCUT2D eigenvalue weighted by molar-refractivity contribution is 5.67. The molecular weight excluding hydrogens is 985 g/mol. The smallest absolute Gasteiger partial charge is 0.303 e. The van der Waals surface area contributed by atoms with Crippen molar-refractivity contribution in [3.8, 4) is 0 Å². The van der Waals surface area contributed by atoms with Gasteiger partial charge < -0.3 is 44.8 Å². The molecule has 3 aliphatic heterocycles. The summed E-state index contributed by atoms with van der Waals surface area (Å²) in [6.07, 6.45) is 72.2. The summed E-state index contributed by atoms with van der Waals surface area (Å²) in [6, 6.07) is 0. The second kappa shape index (κ2) is 50.3. The zero-order valence-corrected chi connectivity index (χ0v) is 47.8. The first-order chi connectivity index (χ1) is 37.9. The topological polar surface area (TPSA) is 210 Å². The highest BCUT2D eigenvalue weighted by Crippen LogP contribution is 2.30. The van der Waals surface area contributed by atoms with E-state index in [2.05, 4.69) is 99.8 Å². The molecule has 0 aliphatic carbocycles. The van der Waals surface area contributed by atoms with Crippen molar-refractivity contribution in [2.45, 2.75) is 249 Å². The number of hydrogen-bond acceptors (Lipinski definition) is 9. The number of epoxide rings is 3. The minimum atomic E-state index is -0.724. The van der Waals surface area contributed by atoms with Crippen molar-refractivity contribution < 1.29 is 59.2 Å². The van der Waals surface area contributed by atoms with E-state index in [-0.39, 0.29) is 25.4 Å². The maximum absolute atomic E-state index is 10.4. The number of carboxylic acid groups (broad SMARTS) is 3. The SMILES string of the molecule is CCC1OC1C/C=C\C/C=C\C=C/C(O)C/C=C\CCCCCC(=O)O.CCC1OC1C/C=C\CC(O)/C=C\C=C/C/C=C\CCCCCC(=O)O.CCC1OC1CC(O)/C=C/C=C\C/C=C\C/C=C\CCCCCC(=O)O. The zero-order chi connectivity index (χ0) is 57.1. The Morgan fingerprint density at radius 3 is 1.06 bits per heavy atom. The lowest BCUT2D eigenvalue weighted by molar-refractivity contribution is -0.138. The molecule has 6 N–H and O–H groups in total. The number of carbonyl (C=O) groups is 3. The van der Waals surface area contributed by atoms with Crippen LogP contribution in [0.2, 0.25) is 0 Å². The molecule has 0 aromatic carbocycles. The van der Waals surface area contributed by atoms with E-state index in [1.165, 1.54) is 0 Å². The molecule has 9 atom stereocenters. The number of aliphatic hydroxyl groups excluding tert-OH is 3. The van der Waals surface area contributed by atoms with Crippen molar-refractivity contribution in [2.75, 3.05) is 0 Å². The number of carboxylic acids is 3. The van der Waals surface area contributed by atoms with Crippen LogP contribution in [0.25, 0.3) is 0 Å². The molecule has 12 nitrogen and oxygen atoms in total. The highest BCUT2D eigenvalue weighted by Gasteiger charge is 2.38. The Labute approximate surface area is 470 Å². The number of aliphatic carboxylic acids is 3. The van der Waals surface area contributed by atoms with Gasteiger partial charge in [-0.15, -0.1) is 0 Å². The maximum Gasteiger partial charge on any atom is 0.303 e. The van der Waals surface area contributed by atoms with Gasteiger partial charge >= 0.3 is 17.9 Å². The predicted molar refractivity (Wildman–Crippen MR) is 318 cm³/mol. The minimum absolute atomic E-state index is 0.240. The standard InChI is InChI=1S/3C22H34O4/c1-2-20-21(26-20)17-13-9-5-3-7-11-15-19(23)16-12-8-4-6-10-14-18-22(24)25;1-2-20-21(26-20)17-14-13-16-19(23)15-11-9-7-5-3-4-6-8-10-12-18-22(24)25;1-2-20-21(26-20)18-19(23)16-14-12-10-8-6-4-3-5-7-9-11-13-15-17-22(24)25/h3,7-9,11-13,15,19-21,23H,2,4-6,10,14,16-18H2,1H3,(H,24,25);3-4,7,9,11,13-15,19-21,23H,2,5-6,8,10,12,16-18H2,1H3,(H,24,25);4-7,10,12,14,16,19-21,23H,2-3,8-9,11,13,15,17-18H2,1H3,(H,24,25)/b7-3-,12-8-,13-9-,15-11-;4-3-,9-7-,14-13-,15-11-;6-4-,7-5-,12-10-,16-14+. The van der Waals surface area contributed by atoms with Crippen molar-refractivity contribution in [1.29, 1.82) is 0 Å². The Balaban J connectivity index is 0.000000585. The van der Waals surface area contributed by atoms with E-state index in [4.69, 9.17) is 29.5 Å². The van der Waals surface area contributed by atoms with Gasteiger partial charge in [0.05, 0.1) is 54.9 Å². The molecule has 0 aromatic rings. The highest BCUT2D eigenvalue weighted by atomic mass is 16.6. The van der Waals surface area contributed by atoms with Crippen LogP contribution >= 0.6 is 0 Å². The van der Waals surface area contributed by atoms with Gasteiger partial charge in [-0.3, -0.25) is 14.4 Å². The van der Waals surface area contributed by atoms with Crippen molar-refractivity contribution in [1.82, 2.24) is 0 Å². The quantitative estimate of drug-likeness (QED) is 0.0146. The normalized spacial score (nSPS) is 21.5. The average molecular weight is 1090 g/mol. The second-order valence-electron chi connectivity index (χ2n) is 19.9. The number of rotatable bonds is 45. The van der Waals surface area contributed by atoms with Gasteiger partial charge in [0.2, 0.25) is 0 Å². The summed E-state index contributed by atoms with van der Waals surface area (Å²) in [5.41, 5.74) is 0. The van der Waals surface area contributed by atoms with E-state index in [0.717, 1.165) is 135 Å². The molecule has 438 valence electrons. The lowest BCUT2D eigenvalue weighted by Gasteiger charge is -2.00. The van der Waals surface area contributed by atoms with E-state index in [1.807, 2.05) is 54.7 Å². The molecule has 0 amide bonds. The molecule has 0 saturated carbocycles. The fraction of sp³-hybridized carbons (Fsp3) is 0.591. The molecule has 0 aromatic heterocycles. The summed E-state index contributed by atoms with van der Waals surface area (Å²) in [5.74, 6) is -2.14. The molecule has 3 heterocycles. The predicted octanol–water partition coefficient (Wildman–Crippen LogP) is 14.9. The third-order valence-electron chi connectivity index (χ3n) is 12.9. The Bertz CT molecular complexity index is 1900. The molecule has 3 aliphatic rings. The third kappa shape index (κ3) is 48.2. The van der Waals surface area contributed by atoms with Crippen molar-refractivity contribution >= 4 is 17.9 Å². The van der Waals surface area contributed by atoms with Gasteiger partial charge in [-0.1, -0.05) is 186 Å². The minimum Gasteiger partial charge on any atom is -0.481 e. The zero-order valence-electron chi connectivity index (χ0n) is 47.8. The summed E-state index contributed by atoms with van der Waals surface area (Å²) >= 11 is 0. The second-order valence-corrected chi connectivity index (χ2v) is 19.9. The van der Waals surface area contributed by atoms with E-state index >= 15 is 0 Å². The number of allylic oxidation sites excluding steroid dienone is 17. The van der Waals surface area contributed by atoms with Gasteiger partial charge in [0.1, 0.15) is 0 Å². The molecule has 3 rings (SSSR count). The van der Waals surface area contributed by atoms with Crippen molar-refractivity contribution in [3.63, 3.8) is 0 Å². The summed E-state index contributed by atoms with van der Waals surface area (Å²) in [6.45, 7) is 6.39. The van der Waals surface area contributed by atoms with E-state index < -0.39 is 36.2 Å². The number of hydrogen-bond donors (Lipinski definition) is 6. The number of unbranched alkanes of at least 4 members (excludes halogenated alkanes) is 9. The molecule has 0 radical (unpaired) electrons. The van der Waals surface area contributed by atoms with E-state index in [0.29, 0.717) is 49.8 Å². The Morgan fingerprint density at radius 2 is 0.679 bits per heavy atom. The Hall–Kier alpha value is -4.95. The van der Waals surface area contributed by atoms with Gasteiger partial charge in [-0.2, -0.15) is 0 Å². The van der Waals surface area contributed by atoms with Crippen LogP contribution in [0.15, 0.2) is 146 Å². The van der Waals surface area contributed by atoms with Crippen molar-refractivity contribution in [3.05, 3.63) is 146 Å². The fourth-order valence-electron chi connectivity index (χ4n) is 7.99.